The molecule has 0 aliphatic carbocycles. The summed E-state index contributed by atoms with van der Waals surface area (Å²) in [7, 11) is 0. The molecule has 0 radical (unpaired) electrons. The SMILES string of the molecule is CC1COc2ccc(-c3ccccc3C(C)N)cc2OC1. The van der Waals surface area contributed by atoms with Crippen molar-refractivity contribution in [2.45, 2.75) is 19.9 Å². The van der Waals surface area contributed by atoms with E-state index in [-0.39, 0.29) is 6.04 Å². The summed E-state index contributed by atoms with van der Waals surface area (Å²) >= 11 is 0. The molecule has 2 atom stereocenters. The topological polar surface area (TPSA) is 44.5 Å². The Morgan fingerprint density at radius 3 is 2.52 bits per heavy atom. The summed E-state index contributed by atoms with van der Waals surface area (Å²) in [5.74, 6) is 2.04. The Hall–Kier alpha value is -2.00. The van der Waals surface area contributed by atoms with E-state index in [4.69, 9.17) is 15.2 Å². The molecule has 1 heterocycles. The van der Waals surface area contributed by atoms with Crippen molar-refractivity contribution in [1.82, 2.24) is 0 Å². The molecule has 1 aliphatic rings. The highest BCUT2D eigenvalue weighted by atomic mass is 16.5. The fourth-order valence-corrected chi connectivity index (χ4v) is 2.58. The third-order valence-electron chi connectivity index (χ3n) is 3.75. The van der Waals surface area contributed by atoms with Gasteiger partial charge in [-0.05, 0) is 35.7 Å². The maximum Gasteiger partial charge on any atom is 0.161 e. The van der Waals surface area contributed by atoms with Gasteiger partial charge in [-0.3, -0.25) is 0 Å². The Morgan fingerprint density at radius 2 is 1.76 bits per heavy atom. The largest absolute Gasteiger partial charge is 0.489 e. The maximum atomic E-state index is 6.08. The molecular formula is C18H21NO2. The Balaban J connectivity index is 2.02. The zero-order valence-corrected chi connectivity index (χ0v) is 12.5. The normalized spacial score (nSPS) is 18.9. The Kier molecular flexibility index (Phi) is 3.84. The second-order valence-corrected chi connectivity index (χ2v) is 5.76. The number of benzene rings is 2. The molecule has 0 saturated heterocycles. The predicted octanol–water partition coefficient (Wildman–Crippen LogP) is 3.78. The van der Waals surface area contributed by atoms with Gasteiger partial charge in [0.25, 0.3) is 0 Å². The number of hydrogen-bond acceptors (Lipinski definition) is 3. The average Bonchev–Trinajstić information content (AvgIpc) is 2.69. The zero-order valence-electron chi connectivity index (χ0n) is 12.5. The van der Waals surface area contributed by atoms with Gasteiger partial charge in [-0.2, -0.15) is 0 Å². The highest BCUT2D eigenvalue weighted by molar-refractivity contribution is 5.70. The second-order valence-electron chi connectivity index (χ2n) is 5.76. The van der Waals surface area contributed by atoms with Crippen LogP contribution >= 0.6 is 0 Å². The van der Waals surface area contributed by atoms with Gasteiger partial charge < -0.3 is 15.2 Å². The van der Waals surface area contributed by atoms with Crippen molar-refractivity contribution in [3.8, 4) is 22.6 Å². The minimum absolute atomic E-state index is 0.00259. The van der Waals surface area contributed by atoms with Gasteiger partial charge in [0.05, 0.1) is 13.2 Å². The van der Waals surface area contributed by atoms with Crippen LogP contribution in [0.1, 0.15) is 25.5 Å². The third kappa shape index (κ3) is 2.88. The smallest absolute Gasteiger partial charge is 0.161 e. The Bertz CT molecular complexity index is 637. The molecule has 2 N–H and O–H groups in total. The molecule has 0 amide bonds. The predicted molar refractivity (Wildman–Crippen MR) is 84.6 cm³/mol. The van der Waals surface area contributed by atoms with E-state index in [1.165, 1.54) is 0 Å². The lowest BCUT2D eigenvalue weighted by Gasteiger charge is -2.14. The lowest BCUT2D eigenvalue weighted by atomic mass is 9.96. The van der Waals surface area contributed by atoms with E-state index in [1.807, 2.05) is 25.1 Å². The first-order valence-electron chi connectivity index (χ1n) is 7.39. The van der Waals surface area contributed by atoms with E-state index in [1.54, 1.807) is 0 Å². The number of rotatable bonds is 2. The second kappa shape index (κ2) is 5.78. The summed E-state index contributed by atoms with van der Waals surface area (Å²) in [6, 6.07) is 14.3. The van der Waals surface area contributed by atoms with Crippen molar-refractivity contribution >= 4 is 0 Å². The molecule has 110 valence electrons. The third-order valence-corrected chi connectivity index (χ3v) is 3.75. The number of nitrogens with two attached hydrogens (primary N) is 1. The van der Waals surface area contributed by atoms with Crippen LogP contribution in [0.5, 0.6) is 11.5 Å². The van der Waals surface area contributed by atoms with Gasteiger partial charge in [0.1, 0.15) is 0 Å². The van der Waals surface area contributed by atoms with Gasteiger partial charge in [0, 0.05) is 12.0 Å². The van der Waals surface area contributed by atoms with Crippen LogP contribution in [0, 0.1) is 5.92 Å². The lowest BCUT2D eigenvalue weighted by Crippen LogP contribution is -2.12. The molecule has 2 aromatic rings. The average molecular weight is 283 g/mol. The van der Waals surface area contributed by atoms with E-state index in [0.29, 0.717) is 19.1 Å². The molecular weight excluding hydrogens is 262 g/mol. The van der Waals surface area contributed by atoms with Crippen molar-refractivity contribution in [2.75, 3.05) is 13.2 Å². The minimum atomic E-state index is -0.00259. The fraction of sp³-hybridized carbons (Fsp3) is 0.333. The van der Waals surface area contributed by atoms with Crippen LogP contribution < -0.4 is 15.2 Å². The molecule has 21 heavy (non-hydrogen) atoms. The molecule has 0 bridgehead atoms. The van der Waals surface area contributed by atoms with Crippen LogP contribution in [0.4, 0.5) is 0 Å². The first kappa shape index (κ1) is 14.0. The van der Waals surface area contributed by atoms with Crippen LogP contribution in [0.3, 0.4) is 0 Å². The molecule has 0 fully saturated rings. The number of ether oxygens (including phenoxy) is 2. The van der Waals surface area contributed by atoms with E-state index in [2.05, 4.69) is 31.2 Å². The molecule has 1 aliphatic heterocycles. The summed E-state index contributed by atoms with van der Waals surface area (Å²) in [6.45, 7) is 5.51. The van der Waals surface area contributed by atoms with E-state index >= 15 is 0 Å². The highest BCUT2D eigenvalue weighted by Crippen LogP contribution is 2.36. The van der Waals surface area contributed by atoms with Crippen LogP contribution in [-0.2, 0) is 0 Å². The molecule has 2 unspecified atom stereocenters. The summed E-state index contributed by atoms with van der Waals surface area (Å²) in [4.78, 5) is 0. The van der Waals surface area contributed by atoms with Crippen molar-refractivity contribution in [3.63, 3.8) is 0 Å². The standard InChI is InChI=1S/C18H21NO2/c1-12-10-20-17-8-7-14(9-18(17)21-11-12)16-6-4-3-5-15(16)13(2)19/h3-9,12-13H,10-11,19H2,1-2H3. The first-order chi connectivity index (χ1) is 10.1. The van der Waals surface area contributed by atoms with Gasteiger partial charge >= 0.3 is 0 Å². The number of fused-ring (bicyclic) bond motifs is 1. The molecule has 3 heteroatoms. The molecule has 0 aromatic heterocycles. The van der Waals surface area contributed by atoms with Crippen LogP contribution in [0.2, 0.25) is 0 Å². The molecule has 3 nitrogen and oxygen atoms in total. The summed E-state index contributed by atoms with van der Waals surface area (Å²) < 4.78 is 11.6. The molecule has 0 spiro atoms. The Morgan fingerprint density at radius 1 is 1.05 bits per heavy atom. The van der Waals surface area contributed by atoms with Gasteiger partial charge in [0.15, 0.2) is 11.5 Å². The summed E-state index contributed by atoms with van der Waals surface area (Å²) in [5.41, 5.74) is 9.48. The minimum Gasteiger partial charge on any atom is -0.489 e. The van der Waals surface area contributed by atoms with Crippen LogP contribution in [0.25, 0.3) is 11.1 Å². The van der Waals surface area contributed by atoms with Gasteiger partial charge in [-0.25, -0.2) is 0 Å². The monoisotopic (exact) mass is 283 g/mol. The lowest BCUT2D eigenvalue weighted by molar-refractivity contribution is 0.228. The van der Waals surface area contributed by atoms with Crippen molar-refractivity contribution in [1.29, 1.82) is 0 Å². The highest BCUT2D eigenvalue weighted by Gasteiger charge is 2.16. The summed E-state index contributed by atoms with van der Waals surface area (Å²) in [5, 5.41) is 0. The fourth-order valence-electron chi connectivity index (χ4n) is 2.58. The van der Waals surface area contributed by atoms with E-state index in [0.717, 1.165) is 28.2 Å². The molecule has 3 rings (SSSR count). The van der Waals surface area contributed by atoms with Gasteiger partial charge in [-0.1, -0.05) is 37.3 Å². The van der Waals surface area contributed by atoms with Gasteiger partial charge in [0.2, 0.25) is 0 Å². The quantitative estimate of drug-likeness (QED) is 0.912. The van der Waals surface area contributed by atoms with Gasteiger partial charge in [-0.15, -0.1) is 0 Å². The van der Waals surface area contributed by atoms with E-state index < -0.39 is 0 Å². The molecule has 0 saturated carbocycles. The molecule has 2 aromatic carbocycles. The van der Waals surface area contributed by atoms with Crippen LogP contribution in [0.15, 0.2) is 42.5 Å². The van der Waals surface area contributed by atoms with Crippen LogP contribution in [-0.4, -0.2) is 13.2 Å². The zero-order chi connectivity index (χ0) is 14.8. The van der Waals surface area contributed by atoms with Crippen molar-refractivity contribution < 1.29 is 9.47 Å². The van der Waals surface area contributed by atoms with Crippen molar-refractivity contribution in [2.24, 2.45) is 11.7 Å². The van der Waals surface area contributed by atoms with E-state index in [9.17, 15) is 0 Å². The maximum absolute atomic E-state index is 6.08. The Labute approximate surface area is 125 Å². The summed E-state index contributed by atoms with van der Waals surface area (Å²) in [6.07, 6.45) is 0. The number of hydrogen-bond donors (Lipinski definition) is 1. The first-order valence-corrected chi connectivity index (χ1v) is 7.39. The van der Waals surface area contributed by atoms with Crippen molar-refractivity contribution in [3.05, 3.63) is 48.0 Å².